The van der Waals surface area contributed by atoms with Gasteiger partial charge >= 0.3 is 5.97 Å². The minimum absolute atomic E-state index is 0.0478. The maximum atomic E-state index is 12.8. The van der Waals surface area contributed by atoms with Crippen LogP contribution in [-0.4, -0.2) is 46.6 Å². The first kappa shape index (κ1) is 16.7. The maximum Gasteiger partial charge on any atom is 0.377 e. The van der Waals surface area contributed by atoms with Gasteiger partial charge in [-0.15, -0.1) is 0 Å². The molecule has 1 saturated heterocycles. The van der Waals surface area contributed by atoms with Gasteiger partial charge in [0.05, 0.1) is 6.61 Å². The SMILES string of the molecule is C=CC1=C(C)C(=O)C2(CC1(C)C)OCC(C1OC(=O)C(O)=C1O)O2. The second-order valence-corrected chi connectivity index (χ2v) is 6.91. The first-order valence-electron chi connectivity index (χ1n) is 7.66. The van der Waals surface area contributed by atoms with Crippen molar-refractivity contribution in [2.24, 2.45) is 5.41 Å². The van der Waals surface area contributed by atoms with Crippen LogP contribution in [0.4, 0.5) is 0 Å². The van der Waals surface area contributed by atoms with Crippen LogP contribution >= 0.6 is 0 Å². The Labute approximate surface area is 139 Å². The molecule has 0 saturated carbocycles. The molecule has 7 heteroatoms. The minimum atomic E-state index is -1.49. The van der Waals surface area contributed by atoms with E-state index in [0.717, 1.165) is 5.57 Å². The number of hydrogen-bond donors (Lipinski definition) is 2. The first-order valence-corrected chi connectivity index (χ1v) is 7.66. The molecule has 0 aromatic heterocycles. The van der Waals surface area contributed by atoms with E-state index >= 15 is 0 Å². The number of cyclic esters (lactones) is 1. The summed E-state index contributed by atoms with van der Waals surface area (Å²) in [6, 6.07) is 0. The minimum Gasteiger partial charge on any atom is -0.505 e. The molecule has 3 unspecified atom stereocenters. The van der Waals surface area contributed by atoms with Crippen molar-refractivity contribution < 1.29 is 34.0 Å². The molecule has 2 aliphatic heterocycles. The van der Waals surface area contributed by atoms with Crippen molar-refractivity contribution in [2.75, 3.05) is 6.61 Å². The fourth-order valence-electron chi connectivity index (χ4n) is 3.71. The molecule has 2 heterocycles. The van der Waals surface area contributed by atoms with Crippen LogP contribution in [0.25, 0.3) is 0 Å². The Kier molecular flexibility index (Phi) is 3.62. The van der Waals surface area contributed by atoms with Crippen molar-refractivity contribution in [3.63, 3.8) is 0 Å². The van der Waals surface area contributed by atoms with Crippen molar-refractivity contribution in [1.29, 1.82) is 0 Å². The number of rotatable bonds is 2. The molecule has 24 heavy (non-hydrogen) atoms. The molecule has 130 valence electrons. The van der Waals surface area contributed by atoms with Gasteiger partial charge < -0.3 is 24.4 Å². The summed E-state index contributed by atoms with van der Waals surface area (Å²) >= 11 is 0. The van der Waals surface area contributed by atoms with Crippen LogP contribution in [0.3, 0.4) is 0 Å². The summed E-state index contributed by atoms with van der Waals surface area (Å²) in [5.41, 5.74) is 0.940. The van der Waals surface area contributed by atoms with Crippen molar-refractivity contribution >= 4 is 11.8 Å². The Morgan fingerprint density at radius 1 is 1.29 bits per heavy atom. The van der Waals surface area contributed by atoms with Crippen molar-refractivity contribution in [3.05, 3.63) is 35.3 Å². The van der Waals surface area contributed by atoms with Gasteiger partial charge in [0.1, 0.15) is 6.10 Å². The van der Waals surface area contributed by atoms with Crippen molar-refractivity contribution in [3.8, 4) is 0 Å². The van der Waals surface area contributed by atoms with E-state index in [2.05, 4.69) is 6.58 Å². The number of aliphatic hydroxyl groups excluding tert-OH is 2. The summed E-state index contributed by atoms with van der Waals surface area (Å²) in [5.74, 6) is -4.27. The molecular formula is C17H20O7. The summed E-state index contributed by atoms with van der Waals surface area (Å²) in [7, 11) is 0. The largest absolute Gasteiger partial charge is 0.505 e. The van der Waals surface area contributed by atoms with Crippen LogP contribution in [-0.2, 0) is 23.8 Å². The molecular weight excluding hydrogens is 316 g/mol. The van der Waals surface area contributed by atoms with Crippen LogP contribution in [0.2, 0.25) is 0 Å². The Bertz CT molecular complexity index is 700. The lowest BCUT2D eigenvalue weighted by atomic mass is 9.69. The van der Waals surface area contributed by atoms with Crippen molar-refractivity contribution in [1.82, 2.24) is 0 Å². The Balaban J connectivity index is 1.90. The molecule has 2 N–H and O–H groups in total. The van der Waals surface area contributed by atoms with E-state index in [4.69, 9.17) is 14.2 Å². The standard InChI is InChI=1S/C17H20O7/c1-5-9-8(2)14(20)17(7-16(9,3)4)22-6-10(24-17)13-11(18)12(19)15(21)23-13/h5,10,13,18-19H,1,6-7H2,2-4H3. The van der Waals surface area contributed by atoms with E-state index in [9.17, 15) is 19.8 Å². The molecule has 0 aromatic carbocycles. The predicted molar refractivity (Wildman–Crippen MR) is 82.0 cm³/mol. The number of allylic oxidation sites excluding steroid dienone is 2. The summed E-state index contributed by atoms with van der Waals surface area (Å²) in [6.07, 6.45) is -0.127. The highest BCUT2D eigenvalue weighted by Crippen LogP contribution is 2.48. The van der Waals surface area contributed by atoms with Crippen LogP contribution < -0.4 is 0 Å². The van der Waals surface area contributed by atoms with Gasteiger partial charge in [0, 0.05) is 12.0 Å². The second kappa shape index (κ2) is 5.19. The number of esters is 1. The zero-order chi connectivity index (χ0) is 17.9. The molecule has 3 atom stereocenters. The highest BCUT2D eigenvalue weighted by Gasteiger charge is 2.58. The van der Waals surface area contributed by atoms with Gasteiger partial charge in [0.2, 0.25) is 17.3 Å². The molecule has 1 aliphatic carbocycles. The predicted octanol–water partition coefficient (Wildman–Crippen LogP) is 1.85. The van der Waals surface area contributed by atoms with Gasteiger partial charge in [0.25, 0.3) is 0 Å². The lowest BCUT2D eigenvalue weighted by Crippen LogP contribution is -2.49. The summed E-state index contributed by atoms with van der Waals surface area (Å²) in [4.78, 5) is 24.1. The molecule has 0 bridgehead atoms. The zero-order valence-corrected chi connectivity index (χ0v) is 13.8. The van der Waals surface area contributed by atoms with E-state index < -0.39 is 40.9 Å². The van der Waals surface area contributed by atoms with Crippen LogP contribution in [0, 0.1) is 5.41 Å². The number of ketones is 1. The Hall–Kier alpha value is -2.12. The lowest BCUT2D eigenvalue weighted by molar-refractivity contribution is -0.199. The van der Waals surface area contributed by atoms with Crippen LogP contribution in [0.1, 0.15) is 27.2 Å². The Morgan fingerprint density at radius 2 is 1.96 bits per heavy atom. The normalized spacial score (nSPS) is 35.8. The van der Waals surface area contributed by atoms with Gasteiger partial charge in [0.15, 0.2) is 11.9 Å². The number of hydrogen-bond acceptors (Lipinski definition) is 7. The number of ether oxygens (including phenoxy) is 3. The van der Waals surface area contributed by atoms with Gasteiger partial charge in [-0.25, -0.2) is 4.79 Å². The van der Waals surface area contributed by atoms with E-state index in [0.29, 0.717) is 5.57 Å². The summed E-state index contributed by atoms with van der Waals surface area (Å²) in [5, 5.41) is 19.2. The summed E-state index contributed by atoms with van der Waals surface area (Å²) < 4.78 is 16.4. The average Bonchev–Trinajstić information content (AvgIpc) is 3.03. The van der Waals surface area contributed by atoms with Crippen LogP contribution in [0.5, 0.6) is 0 Å². The number of Topliss-reactive ketones (excluding diaryl/α,β-unsaturated/α-hetero) is 1. The van der Waals surface area contributed by atoms with Gasteiger partial charge in [-0.05, 0) is 17.9 Å². The second-order valence-electron chi connectivity index (χ2n) is 6.91. The van der Waals surface area contributed by atoms with E-state index in [1.807, 2.05) is 13.8 Å². The lowest BCUT2D eigenvalue weighted by Gasteiger charge is -2.41. The number of aliphatic hydroxyl groups is 2. The molecule has 1 fully saturated rings. The topological polar surface area (TPSA) is 102 Å². The fourth-order valence-corrected chi connectivity index (χ4v) is 3.71. The maximum absolute atomic E-state index is 12.8. The van der Waals surface area contributed by atoms with Gasteiger partial charge in [-0.3, -0.25) is 4.79 Å². The third-order valence-corrected chi connectivity index (χ3v) is 4.80. The monoisotopic (exact) mass is 336 g/mol. The van der Waals surface area contributed by atoms with Gasteiger partial charge in [-0.2, -0.15) is 0 Å². The smallest absolute Gasteiger partial charge is 0.377 e. The zero-order valence-electron chi connectivity index (χ0n) is 13.8. The van der Waals surface area contributed by atoms with E-state index in [1.54, 1.807) is 13.0 Å². The molecule has 0 aromatic rings. The molecule has 3 rings (SSSR count). The van der Waals surface area contributed by atoms with E-state index in [-0.39, 0.29) is 18.8 Å². The molecule has 1 spiro atoms. The third kappa shape index (κ3) is 2.19. The molecule has 0 amide bonds. The molecule has 7 nitrogen and oxygen atoms in total. The quantitative estimate of drug-likeness (QED) is 0.742. The van der Waals surface area contributed by atoms with Gasteiger partial charge in [-0.1, -0.05) is 26.5 Å². The average molecular weight is 336 g/mol. The molecule has 3 aliphatic rings. The first-order chi connectivity index (χ1) is 11.1. The number of carbonyl (C=O) groups excluding carboxylic acids is 2. The fraction of sp³-hybridized carbons (Fsp3) is 0.529. The third-order valence-electron chi connectivity index (χ3n) is 4.80. The van der Waals surface area contributed by atoms with Crippen LogP contribution in [0.15, 0.2) is 35.3 Å². The highest BCUT2D eigenvalue weighted by molar-refractivity contribution is 6.03. The molecule has 0 radical (unpaired) electrons. The summed E-state index contributed by atoms with van der Waals surface area (Å²) in [6.45, 7) is 9.33. The van der Waals surface area contributed by atoms with E-state index in [1.165, 1.54) is 0 Å². The number of carbonyl (C=O) groups is 2. The highest BCUT2D eigenvalue weighted by atomic mass is 16.8. The Morgan fingerprint density at radius 3 is 2.50 bits per heavy atom. The van der Waals surface area contributed by atoms with Crippen molar-refractivity contribution in [2.45, 2.75) is 45.2 Å².